The Hall–Kier alpha value is -1.90. The zero-order chi connectivity index (χ0) is 10.5. The number of carbonyl (C=O) groups excluding carboxylic acids is 1. The Balaban J connectivity index is 2.02. The largest absolute Gasteiger partial charge is 0.328 e. The van der Waals surface area contributed by atoms with Crippen molar-refractivity contribution in [2.75, 3.05) is 0 Å². The fourth-order valence-corrected chi connectivity index (χ4v) is 1.51. The van der Waals surface area contributed by atoms with E-state index in [9.17, 15) is 4.79 Å². The van der Waals surface area contributed by atoms with Gasteiger partial charge in [-0.3, -0.25) is 4.79 Å². The van der Waals surface area contributed by atoms with Crippen LogP contribution >= 0.6 is 0 Å². The van der Waals surface area contributed by atoms with Crippen LogP contribution in [0.25, 0.3) is 0 Å². The molecule has 2 aromatic rings. The van der Waals surface area contributed by atoms with Crippen molar-refractivity contribution in [1.82, 2.24) is 9.55 Å². The van der Waals surface area contributed by atoms with Crippen LogP contribution in [0.5, 0.6) is 0 Å². The molecular formula is C12H12N2O. The molecule has 3 nitrogen and oxygen atoms in total. The van der Waals surface area contributed by atoms with E-state index >= 15 is 0 Å². The number of hydrogen-bond donors (Lipinski definition) is 0. The highest BCUT2D eigenvalue weighted by Gasteiger charge is 1.99. The number of aryl methyl sites for hydroxylation is 2. The topological polar surface area (TPSA) is 34.9 Å². The molecule has 0 atom stereocenters. The molecule has 3 heteroatoms. The Bertz CT molecular complexity index is 434. The molecule has 1 aromatic carbocycles. The zero-order valence-corrected chi connectivity index (χ0v) is 8.34. The van der Waals surface area contributed by atoms with E-state index in [0.29, 0.717) is 5.69 Å². The SMILES string of the molecule is O=Cc1cncn1CCc1ccccc1. The molecule has 15 heavy (non-hydrogen) atoms. The quantitative estimate of drug-likeness (QED) is 0.707. The summed E-state index contributed by atoms with van der Waals surface area (Å²) in [4.78, 5) is 14.6. The summed E-state index contributed by atoms with van der Waals surface area (Å²) in [6.45, 7) is 0.790. The number of hydrogen-bond acceptors (Lipinski definition) is 2. The van der Waals surface area contributed by atoms with Crippen LogP contribution in [-0.4, -0.2) is 15.8 Å². The minimum Gasteiger partial charge on any atom is -0.328 e. The predicted molar refractivity (Wildman–Crippen MR) is 57.8 cm³/mol. The summed E-state index contributed by atoms with van der Waals surface area (Å²) in [5.41, 5.74) is 1.90. The van der Waals surface area contributed by atoms with E-state index in [2.05, 4.69) is 17.1 Å². The second kappa shape index (κ2) is 4.55. The predicted octanol–water partition coefficient (Wildman–Crippen LogP) is 1.94. The summed E-state index contributed by atoms with van der Waals surface area (Å²) in [6, 6.07) is 10.2. The van der Waals surface area contributed by atoms with Gasteiger partial charge < -0.3 is 4.57 Å². The van der Waals surface area contributed by atoms with Crippen molar-refractivity contribution in [3.8, 4) is 0 Å². The number of rotatable bonds is 4. The van der Waals surface area contributed by atoms with Crippen molar-refractivity contribution in [1.29, 1.82) is 0 Å². The van der Waals surface area contributed by atoms with Gasteiger partial charge in [-0.15, -0.1) is 0 Å². The summed E-state index contributed by atoms with van der Waals surface area (Å²) in [7, 11) is 0. The highest BCUT2D eigenvalue weighted by molar-refractivity contribution is 5.71. The highest BCUT2D eigenvalue weighted by atomic mass is 16.1. The molecule has 0 saturated carbocycles. The van der Waals surface area contributed by atoms with Crippen molar-refractivity contribution < 1.29 is 4.79 Å². The smallest absolute Gasteiger partial charge is 0.168 e. The Morgan fingerprint density at radius 3 is 2.80 bits per heavy atom. The number of nitrogens with zero attached hydrogens (tertiary/aromatic N) is 2. The van der Waals surface area contributed by atoms with E-state index in [1.54, 1.807) is 12.5 Å². The third-order valence-electron chi connectivity index (χ3n) is 2.35. The van der Waals surface area contributed by atoms with Gasteiger partial charge in [-0.05, 0) is 12.0 Å². The van der Waals surface area contributed by atoms with Crippen LogP contribution in [0, 0.1) is 0 Å². The van der Waals surface area contributed by atoms with Crippen LogP contribution in [0.2, 0.25) is 0 Å². The lowest BCUT2D eigenvalue weighted by atomic mass is 10.1. The fraction of sp³-hybridized carbons (Fsp3) is 0.167. The molecule has 1 heterocycles. The van der Waals surface area contributed by atoms with Crippen molar-refractivity contribution in [2.45, 2.75) is 13.0 Å². The first-order chi connectivity index (χ1) is 7.40. The van der Waals surface area contributed by atoms with Crippen LogP contribution in [0.1, 0.15) is 16.1 Å². The molecule has 0 spiro atoms. The maximum absolute atomic E-state index is 10.6. The first-order valence-electron chi connectivity index (χ1n) is 4.89. The average Bonchev–Trinajstić information content (AvgIpc) is 2.75. The third-order valence-corrected chi connectivity index (χ3v) is 2.35. The number of benzene rings is 1. The first kappa shape index (κ1) is 9.65. The van der Waals surface area contributed by atoms with Gasteiger partial charge in [0.15, 0.2) is 6.29 Å². The van der Waals surface area contributed by atoms with Crippen LogP contribution < -0.4 is 0 Å². The summed E-state index contributed by atoms with van der Waals surface area (Å²) in [5, 5.41) is 0. The summed E-state index contributed by atoms with van der Waals surface area (Å²) >= 11 is 0. The van der Waals surface area contributed by atoms with Crippen molar-refractivity contribution in [3.63, 3.8) is 0 Å². The van der Waals surface area contributed by atoms with Gasteiger partial charge in [-0.1, -0.05) is 30.3 Å². The minimum atomic E-state index is 0.630. The lowest BCUT2D eigenvalue weighted by Gasteiger charge is -2.03. The van der Waals surface area contributed by atoms with Gasteiger partial charge >= 0.3 is 0 Å². The van der Waals surface area contributed by atoms with Gasteiger partial charge in [0.05, 0.1) is 12.5 Å². The maximum atomic E-state index is 10.6. The monoisotopic (exact) mass is 200 g/mol. The van der Waals surface area contributed by atoms with Gasteiger partial charge in [0.25, 0.3) is 0 Å². The van der Waals surface area contributed by atoms with E-state index < -0.39 is 0 Å². The van der Waals surface area contributed by atoms with E-state index in [1.807, 2.05) is 22.8 Å². The van der Waals surface area contributed by atoms with Crippen LogP contribution in [0.3, 0.4) is 0 Å². The standard InChI is InChI=1S/C12H12N2O/c15-9-12-8-13-10-14(12)7-6-11-4-2-1-3-5-11/h1-5,8-10H,6-7H2. The molecule has 2 rings (SSSR count). The molecule has 76 valence electrons. The first-order valence-corrected chi connectivity index (χ1v) is 4.89. The molecule has 0 saturated heterocycles. The second-order valence-electron chi connectivity index (χ2n) is 3.37. The normalized spacial score (nSPS) is 10.1. The maximum Gasteiger partial charge on any atom is 0.168 e. The molecule has 0 N–H and O–H groups in total. The molecule has 0 aliphatic heterocycles. The molecule has 0 radical (unpaired) electrons. The molecule has 0 bridgehead atoms. The fourth-order valence-electron chi connectivity index (χ4n) is 1.51. The van der Waals surface area contributed by atoms with Crippen LogP contribution in [0.15, 0.2) is 42.9 Å². The number of aldehydes is 1. The number of aromatic nitrogens is 2. The van der Waals surface area contributed by atoms with Crippen molar-refractivity contribution in [2.24, 2.45) is 0 Å². The van der Waals surface area contributed by atoms with Crippen molar-refractivity contribution >= 4 is 6.29 Å². The van der Waals surface area contributed by atoms with E-state index in [1.165, 1.54) is 5.56 Å². The third kappa shape index (κ3) is 2.31. The summed E-state index contributed by atoms with van der Waals surface area (Å²) < 4.78 is 1.86. The van der Waals surface area contributed by atoms with Gasteiger partial charge in [0.2, 0.25) is 0 Å². The van der Waals surface area contributed by atoms with Gasteiger partial charge in [0, 0.05) is 6.54 Å². The molecular weight excluding hydrogens is 188 g/mol. The number of carbonyl (C=O) groups is 1. The molecule has 0 fully saturated rings. The van der Waals surface area contributed by atoms with Crippen LogP contribution in [-0.2, 0) is 13.0 Å². The average molecular weight is 200 g/mol. The number of imidazole rings is 1. The summed E-state index contributed by atoms with van der Waals surface area (Å²) in [5.74, 6) is 0. The van der Waals surface area contributed by atoms with E-state index in [-0.39, 0.29) is 0 Å². The van der Waals surface area contributed by atoms with E-state index in [4.69, 9.17) is 0 Å². The lowest BCUT2D eigenvalue weighted by molar-refractivity contribution is 0.111. The Kier molecular flexibility index (Phi) is 2.93. The molecule has 1 aromatic heterocycles. The highest BCUT2D eigenvalue weighted by Crippen LogP contribution is 2.03. The van der Waals surface area contributed by atoms with Gasteiger partial charge in [-0.25, -0.2) is 4.98 Å². The van der Waals surface area contributed by atoms with Crippen LogP contribution in [0.4, 0.5) is 0 Å². The second-order valence-corrected chi connectivity index (χ2v) is 3.37. The molecule has 0 aliphatic carbocycles. The van der Waals surface area contributed by atoms with Gasteiger partial charge in [-0.2, -0.15) is 0 Å². The molecule has 0 unspecified atom stereocenters. The van der Waals surface area contributed by atoms with Crippen molar-refractivity contribution in [3.05, 3.63) is 54.1 Å². The van der Waals surface area contributed by atoms with Gasteiger partial charge in [0.1, 0.15) is 5.69 Å². The van der Waals surface area contributed by atoms with E-state index in [0.717, 1.165) is 19.3 Å². The Morgan fingerprint density at radius 1 is 1.27 bits per heavy atom. The molecule has 0 amide bonds. The minimum absolute atomic E-state index is 0.630. The summed E-state index contributed by atoms with van der Waals surface area (Å²) in [6.07, 6.45) is 5.01. The lowest BCUT2D eigenvalue weighted by Crippen LogP contribution is -2.03. The zero-order valence-electron chi connectivity index (χ0n) is 8.34. The Morgan fingerprint density at radius 2 is 2.07 bits per heavy atom. The Labute approximate surface area is 88.4 Å². The molecule has 0 aliphatic rings.